The Labute approximate surface area is 202 Å². The molecule has 1 N–H and O–H groups in total. The van der Waals surface area contributed by atoms with E-state index in [1.165, 1.54) is 16.9 Å². The third-order valence-corrected chi connectivity index (χ3v) is 6.81. The molecule has 0 saturated carbocycles. The minimum absolute atomic E-state index is 0.371. The average Bonchev–Trinajstić information content (AvgIpc) is 3.18. The van der Waals surface area contributed by atoms with E-state index in [0.717, 1.165) is 65.5 Å². The van der Waals surface area contributed by atoms with Crippen molar-refractivity contribution in [3.63, 3.8) is 0 Å². The summed E-state index contributed by atoms with van der Waals surface area (Å²) in [5, 5.41) is 5.88. The predicted molar refractivity (Wildman–Crippen MR) is 134 cm³/mol. The molecule has 4 aromatic rings. The Hall–Kier alpha value is -3.58. The van der Waals surface area contributed by atoms with Gasteiger partial charge < -0.3 is 4.74 Å². The highest BCUT2D eigenvalue weighted by molar-refractivity contribution is 7.14. The maximum atomic E-state index is 13.2. The molecular formula is C27H25N3O3S. The molecule has 0 atom stereocenters. The van der Waals surface area contributed by atoms with Crippen molar-refractivity contribution in [1.29, 1.82) is 0 Å². The lowest BCUT2D eigenvalue weighted by Gasteiger charge is -2.14. The first kappa shape index (κ1) is 22.2. The number of aryl methyl sites for hydroxylation is 2. The largest absolute Gasteiger partial charge is 0.452 e. The molecule has 0 radical (unpaired) electrons. The fourth-order valence-corrected chi connectivity index (χ4v) is 5.07. The summed E-state index contributed by atoms with van der Waals surface area (Å²) in [4.78, 5) is 35.0. The van der Waals surface area contributed by atoms with Gasteiger partial charge in [0, 0.05) is 22.0 Å². The van der Waals surface area contributed by atoms with Gasteiger partial charge in [-0.25, -0.2) is 9.78 Å². The number of nitrogens with one attached hydrogen (secondary N) is 1. The molecule has 0 fully saturated rings. The molecule has 6 nitrogen and oxygen atoms in total. The number of hydrogen-bond donors (Lipinski definition) is 1. The molecule has 0 saturated heterocycles. The highest BCUT2D eigenvalue weighted by Gasteiger charge is 2.23. The van der Waals surface area contributed by atoms with Crippen LogP contribution < -0.4 is 5.32 Å². The van der Waals surface area contributed by atoms with Crippen LogP contribution in [0.25, 0.3) is 22.2 Å². The Morgan fingerprint density at radius 1 is 1.00 bits per heavy atom. The summed E-state index contributed by atoms with van der Waals surface area (Å²) in [7, 11) is 0. The number of rotatable bonds is 5. The monoisotopic (exact) mass is 471 g/mol. The van der Waals surface area contributed by atoms with Crippen molar-refractivity contribution in [1.82, 2.24) is 9.97 Å². The van der Waals surface area contributed by atoms with Crippen LogP contribution in [0.15, 0.2) is 53.9 Å². The number of esters is 1. The predicted octanol–water partition coefficient (Wildman–Crippen LogP) is 5.73. The number of amides is 1. The van der Waals surface area contributed by atoms with Crippen molar-refractivity contribution in [3.05, 3.63) is 76.3 Å². The number of aromatic nitrogens is 2. The van der Waals surface area contributed by atoms with Gasteiger partial charge in [0.15, 0.2) is 11.7 Å². The minimum atomic E-state index is -0.480. The molecule has 2 aromatic heterocycles. The molecule has 7 heteroatoms. The van der Waals surface area contributed by atoms with E-state index < -0.39 is 11.9 Å². The maximum Gasteiger partial charge on any atom is 0.339 e. The number of carbonyl (C=O) groups excluding carboxylic acids is 2. The molecule has 0 bridgehead atoms. The number of pyridine rings is 1. The third-order valence-electron chi connectivity index (χ3n) is 6.06. The van der Waals surface area contributed by atoms with E-state index in [1.54, 1.807) is 0 Å². The van der Waals surface area contributed by atoms with Crippen LogP contribution in [0.4, 0.5) is 5.13 Å². The summed E-state index contributed by atoms with van der Waals surface area (Å²) < 4.78 is 5.48. The molecule has 1 aliphatic carbocycles. The van der Waals surface area contributed by atoms with Gasteiger partial charge in [0.2, 0.25) is 0 Å². The maximum absolute atomic E-state index is 13.2. The van der Waals surface area contributed by atoms with Gasteiger partial charge in [0.05, 0.1) is 16.8 Å². The molecule has 0 spiro atoms. The number of fused-ring (bicyclic) bond motifs is 2. The summed E-state index contributed by atoms with van der Waals surface area (Å²) >= 11 is 1.34. The van der Waals surface area contributed by atoms with Crippen molar-refractivity contribution in [2.45, 2.75) is 39.0 Å². The molecule has 34 heavy (non-hydrogen) atoms. The Morgan fingerprint density at radius 3 is 2.65 bits per heavy atom. The van der Waals surface area contributed by atoms with Gasteiger partial charge in [-0.05, 0) is 44.2 Å². The van der Waals surface area contributed by atoms with Crippen LogP contribution in [-0.2, 0) is 22.4 Å². The Kier molecular flexibility index (Phi) is 6.36. The SMILES string of the molecule is Cc1ccc(-c2csc(NC(=O)COC(=O)c3c4c(nc5ccccc35)CCCCC4)n2)cc1. The van der Waals surface area contributed by atoms with Crippen LogP contribution >= 0.6 is 11.3 Å². The molecular weight excluding hydrogens is 446 g/mol. The van der Waals surface area contributed by atoms with Crippen molar-refractivity contribution in [2.75, 3.05) is 11.9 Å². The first-order valence-corrected chi connectivity index (χ1v) is 12.4. The van der Waals surface area contributed by atoms with E-state index in [0.29, 0.717) is 10.7 Å². The zero-order valence-corrected chi connectivity index (χ0v) is 19.8. The third kappa shape index (κ3) is 4.70. The Bertz CT molecular complexity index is 1360. The summed E-state index contributed by atoms with van der Waals surface area (Å²) in [5.74, 6) is -0.894. The van der Waals surface area contributed by atoms with Gasteiger partial charge in [-0.3, -0.25) is 15.1 Å². The number of nitrogens with zero attached hydrogens (tertiary/aromatic N) is 2. The zero-order chi connectivity index (χ0) is 23.5. The molecule has 1 aliphatic rings. The molecule has 0 aliphatic heterocycles. The van der Waals surface area contributed by atoms with Crippen molar-refractivity contribution < 1.29 is 14.3 Å². The van der Waals surface area contributed by atoms with E-state index in [4.69, 9.17) is 9.72 Å². The lowest BCUT2D eigenvalue weighted by molar-refractivity contribution is -0.119. The number of para-hydroxylation sites is 1. The topological polar surface area (TPSA) is 81.2 Å². The number of hydrogen-bond acceptors (Lipinski definition) is 6. The smallest absolute Gasteiger partial charge is 0.339 e. The van der Waals surface area contributed by atoms with E-state index in [2.05, 4.69) is 10.3 Å². The van der Waals surface area contributed by atoms with Gasteiger partial charge in [-0.15, -0.1) is 11.3 Å². The average molecular weight is 472 g/mol. The first-order chi connectivity index (χ1) is 16.6. The molecule has 172 valence electrons. The lowest BCUT2D eigenvalue weighted by atomic mass is 9.97. The number of benzene rings is 2. The fourth-order valence-electron chi connectivity index (χ4n) is 4.33. The van der Waals surface area contributed by atoms with Crippen LogP contribution in [0, 0.1) is 6.92 Å². The van der Waals surface area contributed by atoms with Gasteiger partial charge in [-0.2, -0.15) is 0 Å². The standard InChI is InChI=1S/C27H25N3O3S/c1-17-11-13-18(14-12-17)23-16-34-27(29-23)30-24(31)15-33-26(32)25-19-7-3-2-4-9-21(19)28-22-10-6-5-8-20(22)25/h5-6,8,10-14,16H,2-4,7,9,15H2,1H3,(H,29,30,31). The van der Waals surface area contributed by atoms with Gasteiger partial charge in [-0.1, -0.05) is 54.4 Å². The van der Waals surface area contributed by atoms with Crippen molar-refractivity contribution >= 4 is 39.2 Å². The normalized spacial score (nSPS) is 13.2. The van der Waals surface area contributed by atoms with Gasteiger partial charge in [0.25, 0.3) is 5.91 Å². The molecule has 2 heterocycles. The van der Waals surface area contributed by atoms with Crippen LogP contribution in [0.5, 0.6) is 0 Å². The van der Waals surface area contributed by atoms with E-state index in [1.807, 2.05) is 60.8 Å². The van der Waals surface area contributed by atoms with E-state index in [-0.39, 0.29) is 6.61 Å². The Morgan fingerprint density at radius 2 is 1.79 bits per heavy atom. The first-order valence-electron chi connectivity index (χ1n) is 11.5. The second-order valence-electron chi connectivity index (χ2n) is 8.52. The fraction of sp³-hybridized carbons (Fsp3) is 0.259. The number of ether oxygens (including phenoxy) is 1. The van der Waals surface area contributed by atoms with E-state index >= 15 is 0 Å². The number of carbonyl (C=O) groups is 2. The molecule has 0 unspecified atom stereocenters. The van der Waals surface area contributed by atoms with E-state index in [9.17, 15) is 9.59 Å². The summed E-state index contributed by atoms with van der Waals surface area (Å²) in [6.07, 6.45) is 4.84. The summed E-state index contributed by atoms with van der Waals surface area (Å²) in [6, 6.07) is 15.7. The summed E-state index contributed by atoms with van der Waals surface area (Å²) in [5.41, 5.74) is 6.22. The highest BCUT2D eigenvalue weighted by atomic mass is 32.1. The quantitative estimate of drug-likeness (QED) is 0.297. The second-order valence-corrected chi connectivity index (χ2v) is 9.38. The van der Waals surface area contributed by atoms with Gasteiger partial charge >= 0.3 is 5.97 Å². The number of thiazole rings is 1. The number of anilines is 1. The van der Waals surface area contributed by atoms with Crippen molar-refractivity contribution in [2.24, 2.45) is 0 Å². The highest BCUT2D eigenvalue weighted by Crippen LogP contribution is 2.29. The Balaban J connectivity index is 1.30. The van der Waals surface area contributed by atoms with Crippen molar-refractivity contribution in [3.8, 4) is 11.3 Å². The minimum Gasteiger partial charge on any atom is -0.452 e. The van der Waals surface area contributed by atoms with Crippen LogP contribution in [0.2, 0.25) is 0 Å². The van der Waals surface area contributed by atoms with Crippen LogP contribution in [-0.4, -0.2) is 28.5 Å². The lowest BCUT2D eigenvalue weighted by Crippen LogP contribution is -2.22. The zero-order valence-electron chi connectivity index (χ0n) is 19.0. The second kappa shape index (κ2) is 9.73. The van der Waals surface area contributed by atoms with Gasteiger partial charge in [0.1, 0.15) is 0 Å². The van der Waals surface area contributed by atoms with Crippen LogP contribution in [0.1, 0.15) is 46.4 Å². The molecule has 1 amide bonds. The van der Waals surface area contributed by atoms with Crippen LogP contribution in [0.3, 0.4) is 0 Å². The molecule has 5 rings (SSSR count). The summed E-state index contributed by atoms with van der Waals surface area (Å²) in [6.45, 7) is 1.66. The molecule has 2 aromatic carbocycles.